The quantitative estimate of drug-likeness (QED) is 0.245. The maximum absolute atomic E-state index is 13.4. The lowest BCUT2D eigenvalue weighted by molar-refractivity contribution is -0.155. The van der Waals surface area contributed by atoms with Gasteiger partial charge in [-0.25, -0.2) is 14.4 Å². The number of esters is 2. The van der Waals surface area contributed by atoms with Crippen LogP contribution in [-0.2, 0) is 27.4 Å². The first-order chi connectivity index (χ1) is 19.3. The van der Waals surface area contributed by atoms with Crippen LogP contribution in [0.4, 0.5) is 4.79 Å². The summed E-state index contributed by atoms with van der Waals surface area (Å²) in [4.78, 5) is 40.5. The molecule has 0 saturated heterocycles. The molecule has 0 spiro atoms. The Hall–Kier alpha value is -4.37. The average Bonchev–Trinajstić information content (AvgIpc) is 2.96. The summed E-state index contributed by atoms with van der Waals surface area (Å²) in [6, 6.07) is 23.3. The molecule has 0 aliphatic rings. The van der Waals surface area contributed by atoms with Gasteiger partial charge in [0.05, 0.1) is 13.7 Å². The third kappa shape index (κ3) is 9.43. The number of hydrogen-bond acceptors (Lipinski definition) is 7. The van der Waals surface area contributed by atoms with Crippen LogP contribution in [0.5, 0.6) is 11.5 Å². The first kappa shape index (κ1) is 30.2. The van der Waals surface area contributed by atoms with Crippen molar-refractivity contribution in [1.82, 2.24) is 10.2 Å². The highest BCUT2D eigenvalue weighted by molar-refractivity contribution is 5.86. The van der Waals surface area contributed by atoms with E-state index in [1.165, 1.54) is 12.0 Å². The first-order valence-electron chi connectivity index (χ1n) is 13.1. The van der Waals surface area contributed by atoms with E-state index in [0.717, 1.165) is 11.1 Å². The van der Waals surface area contributed by atoms with Crippen LogP contribution in [0.15, 0.2) is 84.9 Å². The van der Waals surface area contributed by atoms with Crippen LogP contribution < -0.4 is 14.8 Å². The Morgan fingerprint density at radius 2 is 1.38 bits per heavy atom. The Morgan fingerprint density at radius 1 is 0.800 bits per heavy atom. The largest absolute Gasteiger partial charge is 0.493 e. The zero-order valence-electron chi connectivity index (χ0n) is 23.0. The molecule has 0 fully saturated rings. The first-order valence-corrected chi connectivity index (χ1v) is 13.1. The van der Waals surface area contributed by atoms with Crippen molar-refractivity contribution < 1.29 is 33.7 Å². The predicted molar refractivity (Wildman–Crippen MR) is 150 cm³/mol. The van der Waals surface area contributed by atoms with E-state index in [4.69, 9.17) is 14.2 Å². The highest BCUT2D eigenvalue weighted by Crippen LogP contribution is 2.26. The van der Waals surface area contributed by atoms with Crippen LogP contribution in [-0.4, -0.2) is 60.3 Å². The van der Waals surface area contributed by atoms with Gasteiger partial charge in [-0.2, -0.15) is 0 Å². The number of carbonyl (C=O) groups is 3. The van der Waals surface area contributed by atoms with E-state index < -0.39 is 30.1 Å². The highest BCUT2D eigenvalue weighted by Gasteiger charge is 2.29. The second-order valence-corrected chi connectivity index (χ2v) is 9.67. The number of para-hydroxylation sites is 2. The maximum atomic E-state index is 13.4. The lowest BCUT2D eigenvalue weighted by Gasteiger charge is -2.28. The lowest BCUT2D eigenvalue weighted by Crippen LogP contribution is -2.53. The van der Waals surface area contributed by atoms with E-state index in [-0.39, 0.29) is 37.8 Å². The number of ether oxygens (including phenoxy) is 3. The second kappa shape index (κ2) is 15.3. The standard InChI is InChI=1S/C31H36N2O7/c1-22(2)19-33(20-26(34)30(36)39-21-24-14-8-5-9-15-24)31(37)32-25(18-23-12-6-4-7-13-23)29(35)40-28-17-11-10-16-27(28)38-3/h4-17,22,25-26,34H,18-21H2,1-3H3,(H,32,37). The molecule has 0 aliphatic heterocycles. The van der Waals surface area contributed by atoms with Crippen LogP contribution in [0.25, 0.3) is 0 Å². The number of benzene rings is 3. The fourth-order valence-corrected chi connectivity index (χ4v) is 3.96. The minimum atomic E-state index is -1.57. The number of nitrogens with zero attached hydrogens (tertiary/aromatic N) is 1. The Balaban J connectivity index is 1.72. The molecule has 2 unspecified atom stereocenters. The summed E-state index contributed by atoms with van der Waals surface area (Å²) in [5.41, 5.74) is 1.59. The number of methoxy groups -OCH3 is 1. The van der Waals surface area contributed by atoms with Crippen molar-refractivity contribution in [3.05, 3.63) is 96.1 Å². The Labute approximate surface area is 234 Å². The summed E-state index contributed by atoms with van der Waals surface area (Å²) in [7, 11) is 1.47. The van der Waals surface area contributed by atoms with Crippen molar-refractivity contribution in [3.63, 3.8) is 0 Å². The molecular weight excluding hydrogens is 512 g/mol. The van der Waals surface area contributed by atoms with E-state index in [1.54, 1.807) is 36.4 Å². The molecule has 0 aromatic heterocycles. The fraction of sp³-hybridized carbons (Fsp3) is 0.323. The third-order valence-electron chi connectivity index (χ3n) is 5.91. The predicted octanol–water partition coefficient (Wildman–Crippen LogP) is 3.98. The molecule has 0 heterocycles. The minimum absolute atomic E-state index is 0.00104. The van der Waals surface area contributed by atoms with Crippen LogP contribution >= 0.6 is 0 Å². The molecule has 3 aromatic rings. The Bertz CT molecular complexity index is 1230. The number of carbonyl (C=O) groups excluding carboxylic acids is 3. The molecule has 2 amide bonds. The molecule has 9 heteroatoms. The number of aliphatic hydroxyl groups excluding tert-OH is 1. The summed E-state index contributed by atoms with van der Waals surface area (Å²) in [5.74, 6) is -0.917. The minimum Gasteiger partial charge on any atom is -0.493 e. The fourth-order valence-electron chi connectivity index (χ4n) is 3.96. The van der Waals surface area contributed by atoms with E-state index in [2.05, 4.69) is 5.32 Å². The Kier molecular flexibility index (Phi) is 11.5. The number of amides is 2. The van der Waals surface area contributed by atoms with Gasteiger partial charge < -0.3 is 29.5 Å². The molecule has 0 radical (unpaired) electrons. The molecular formula is C31H36N2O7. The molecule has 9 nitrogen and oxygen atoms in total. The van der Waals surface area contributed by atoms with Gasteiger partial charge in [-0.3, -0.25) is 0 Å². The lowest BCUT2D eigenvalue weighted by atomic mass is 10.1. The van der Waals surface area contributed by atoms with E-state index in [1.807, 2.05) is 62.4 Å². The van der Waals surface area contributed by atoms with Gasteiger partial charge >= 0.3 is 18.0 Å². The Morgan fingerprint density at radius 3 is 1.98 bits per heavy atom. The number of hydrogen-bond donors (Lipinski definition) is 2. The molecule has 3 aromatic carbocycles. The normalized spacial score (nSPS) is 12.2. The molecule has 2 N–H and O–H groups in total. The SMILES string of the molecule is COc1ccccc1OC(=O)C(Cc1ccccc1)NC(=O)N(CC(C)C)CC(O)C(=O)OCc1ccccc1. The zero-order chi connectivity index (χ0) is 28.9. The van der Waals surface area contributed by atoms with Crippen molar-refractivity contribution >= 4 is 18.0 Å². The van der Waals surface area contributed by atoms with Gasteiger partial charge in [0.15, 0.2) is 17.6 Å². The van der Waals surface area contributed by atoms with Crippen molar-refractivity contribution in [3.8, 4) is 11.5 Å². The van der Waals surface area contributed by atoms with Crippen LogP contribution in [0.3, 0.4) is 0 Å². The topological polar surface area (TPSA) is 114 Å². The van der Waals surface area contributed by atoms with E-state index in [0.29, 0.717) is 5.75 Å². The smallest absolute Gasteiger partial charge is 0.337 e. The van der Waals surface area contributed by atoms with E-state index >= 15 is 0 Å². The highest BCUT2D eigenvalue weighted by atomic mass is 16.6. The summed E-state index contributed by atoms with van der Waals surface area (Å²) in [5, 5.41) is 13.3. The molecule has 0 aliphatic carbocycles. The van der Waals surface area contributed by atoms with Crippen molar-refractivity contribution in [1.29, 1.82) is 0 Å². The van der Waals surface area contributed by atoms with Crippen LogP contribution in [0.2, 0.25) is 0 Å². The van der Waals surface area contributed by atoms with Gasteiger partial charge in [-0.05, 0) is 29.2 Å². The number of nitrogens with one attached hydrogen (secondary N) is 1. The second-order valence-electron chi connectivity index (χ2n) is 9.67. The van der Waals surface area contributed by atoms with Crippen LogP contribution in [0, 0.1) is 5.92 Å². The zero-order valence-corrected chi connectivity index (χ0v) is 23.0. The average molecular weight is 549 g/mol. The van der Waals surface area contributed by atoms with Crippen LogP contribution in [0.1, 0.15) is 25.0 Å². The van der Waals surface area contributed by atoms with Crippen molar-refractivity contribution in [2.75, 3.05) is 20.2 Å². The third-order valence-corrected chi connectivity index (χ3v) is 5.91. The van der Waals surface area contributed by atoms with Gasteiger partial charge in [-0.15, -0.1) is 0 Å². The number of urea groups is 1. The maximum Gasteiger partial charge on any atom is 0.337 e. The summed E-state index contributed by atoms with van der Waals surface area (Å²) in [6.45, 7) is 3.72. The number of aliphatic hydroxyl groups is 1. The molecule has 0 saturated carbocycles. The van der Waals surface area contributed by atoms with Crippen molar-refractivity contribution in [2.45, 2.75) is 39.0 Å². The van der Waals surface area contributed by atoms with E-state index in [9.17, 15) is 19.5 Å². The summed E-state index contributed by atoms with van der Waals surface area (Å²) >= 11 is 0. The summed E-state index contributed by atoms with van der Waals surface area (Å²) in [6.07, 6.45) is -1.40. The van der Waals surface area contributed by atoms with Gasteiger partial charge in [0.25, 0.3) is 0 Å². The monoisotopic (exact) mass is 548 g/mol. The van der Waals surface area contributed by atoms with Gasteiger partial charge in [-0.1, -0.05) is 86.6 Å². The summed E-state index contributed by atoms with van der Waals surface area (Å²) < 4.78 is 16.1. The number of rotatable bonds is 13. The molecule has 3 rings (SSSR count). The van der Waals surface area contributed by atoms with Crippen molar-refractivity contribution in [2.24, 2.45) is 5.92 Å². The molecule has 2 atom stereocenters. The molecule has 212 valence electrons. The molecule has 0 bridgehead atoms. The van der Waals surface area contributed by atoms with Gasteiger partial charge in [0.2, 0.25) is 0 Å². The molecule has 40 heavy (non-hydrogen) atoms. The van der Waals surface area contributed by atoms with Gasteiger partial charge in [0, 0.05) is 13.0 Å². The van der Waals surface area contributed by atoms with Gasteiger partial charge in [0.1, 0.15) is 12.6 Å².